The van der Waals surface area contributed by atoms with Crippen LogP contribution in [0.2, 0.25) is 0 Å². The van der Waals surface area contributed by atoms with Gasteiger partial charge >= 0.3 is 0 Å². The van der Waals surface area contributed by atoms with E-state index in [1.165, 1.54) is 0 Å². The zero-order valence-electron chi connectivity index (χ0n) is 17.0. The van der Waals surface area contributed by atoms with Crippen molar-refractivity contribution in [1.82, 2.24) is 14.7 Å². The molecule has 0 saturated carbocycles. The maximum Gasteiger partial charge on any atom is 0.227 e. The fourth-order valence-electron chi connectivity index (χ4n) is 3.23. The number of ether oxygens (including phenoxy) is 1. The van der Waals surface area contributed by atoms with Gasteiger partial charge in [0.25, 0.3) is 0 Å². The molecule has 3 aromatic rings. The predicted molar refractivity (Wildman–Crippen MR) is 111 cm³/mol. The molecule has 5 heteroatoms. The van der Waals surface area contributed by atoms with E-state index in [0.29, 0.717) is 19.6 Å². The SMILES string of the molecule is CCOc1ccc(CC(=O)N(C)Cc2c(C)nn(-c3ccccc3)c2C)cc1. The molecule has 28 heavy (non-hydrogen) atoms. The molecule has 0 spiro atoms. The fraction of sp³-hybridized carbons (Fsp3) is 0.304. The molecule has 0 atom stereocenters. The monoisotopic (exact) mass is 377 g/mol. The largest absolute Gasteiger partial charge is 0.494 e. The second-order valence-electron chi connectivity index (χ2n) is 6.90. The van der Waals surface area contributed by atoms with E-state index in [2.05, 4.69) is 5.10 Å². The summed E-state index contributed by atoms with van der Waals surface area (Å²) in [4.78, 5) is 14.5. The number of aromatic nitrogens is 2. The van der Waals surface area contributed by atoms with E-state index < -0.39 is 0 Å². The van der Waals surface area contributed by atoms with Crippen LogP contribution in [0.15, 0.2) is 54.6 Å². The molecular weight excluding hydrogens is 350 g/mol. The minimum Gasteiger partial charge on any atom is -0.494 e. The van der Waals surface area contributed by atoms with Gasteiger partial charge in [-0.3, -0.25) is 4.79 Å². The van der Waals surface area contributed by atoms with Crippen molar-refractivity contribution >= 4 is 5.91 Å². The summed E-state index contributed by atoms with van der Waals surface area (Å²) in [6.45, 7) is 7.17. The van der Waals surface area contributed by atoms with E-state index in [4.69, 9.17) is 4.74 Å². The Kier molecular flexibility index (Phi) is 6.14. The van der Waals surface area contributed by atoms with Crippen LogP contribution < -0.4 is 4.74 Å². The molecule has 0 radical (unpaired) electrons. The minimum absolute atomic E-state index is 0.0791. The van der Waals surface area contributed by atoms with Crippen LogP contribution in [-0.2, 0) is 17.8 Å². The standard InChI is InChI=1S/C23H27N3O2/c1-5-28-21-13-11-19(12-14-21)15-23(27)25(4)16-22-17(2)24-26(18(22)3)20-9-7-6-8-10-20/h6-14H,5,15-16H2,1-4H3. The number of hydrogen-bond donors (Lipinski definition) is 0. The summed E-state index contributed by atoms with van der Waals surface area (Å²) in [6.07, 6.45) is 0.369. The summed E-state index contributed by atoms with van der Waals surface area (Å²) in [7, 11) is 1.84. The third-order valence-corrected chi connectivity index (χ3v) is 4.85. The Bertz CT molecular complexity index is 930. The first-order chi connectivity index (χ1) is 13.5. The summed E-state index contributed by atoms with van der Waals surface area (Å²) in [5.74, 6) is 0.905. The lowest BCUT2D eigenvalue weighted by atomic mass is 10.1. The van der Waals surface area contributed by atoms with Crippen molar-refractivity contribution in [3.05, 3.63) is 77.1 Å². The van der Waals surface area contributed by atoms with Gasteiger partial charge in [-0.25, -0.2) is 4.68 Å². The summed E-state index contributed by atoms with van der Waals surface area (Å²) < 4.78 is 7.39. The van der Waals surface area contributed by atoms with Crippen LogP contribution in [0.4, 0.5) is 0 Å². The molecule has 2 aromatic carbocycles. The van der Waals surface area contributed by atoms with E-state index in [9.17, 15) is 4.79 Å². The molecule has 146 valence electrons. The van der Waals surface area contributed by atoms with Gasteiger partial charge in [0.2, 0.25) is 5.91 Å². The maximum absolute atomic E-state index is 12.7. The van der Waals surface area contributed by atoms with Crippen molar-refractivity contribution in [1.29, 1.82) is 0 Å². The van der Waals surface area contributed by atoms with Gasteiger partial charge < -0.3 is 9.64 Å². The Hall–Kier alpha value is -3.08. The second kappa shape index (κ2) is 8.74. The zero-order valence-corrected chi connectivity index (χ0v) is 17.0. The maximum atomic E-state index is 12.7. The first-order valence-corrected chi connectivity index (χ1v) is 9.55. The summed E-state index contributed by atoms with van der Waals surface area (Å²) in [6, 6.07) is 17.8. The smallest absolute Gasteiger partial charge is 0.227 e. The molecule has 0 aliphatic heterocycles. The fourth-order valence-corrected chi connectivity index (χ4v) is 3.23. The van der Waals surface area contributed by atoms with Crippen molar-refractivity contribution in [3.8, 4) is 11.4 Å². The number of hydrogen-bond acceptors (Lipinski definition) is 3. The van der Waals surface area contributed by atoms with Crippen LogP contribution in [0.1, 0.15) is 29.4 Å². The van der Waals surface area contributed by atoms with Crippen molar-refractivity contribution in [3.63, 3.8) is 0 Å². The Balaban J connectivity index is 1.69. The Morgan fingerprint density at radius 1 is 1.07 bits per heavy atom. The van der Waals surface area contributed by atoms with Gasteiger partial charge in [-0.05, 0) is 50.6 Å². The molecule has 1 heterocycles. The van der Waals surface area contributed by atoms with Crippen LogP contribution in [0, 0.1) is 13.8 Å². The van der Waals surface area contributed by atoms with Crippen molar-refractivity contribution in [2.45, 2.75) is 33.7 Å². The Morgan fingerprint density at radius 3 is 2.39 bits per heavy atom. The third kappa shape index (κ3) is 4.42. The topological polar surface area (TPSA) is 47.4 Å². The molecule has 0 aliphatic rings. The van der Waals surface area contributed by atoms with Crippen molar-refractivity contribution in [2.75, 3.05) is 13.7 Å². The molecule has 1 aromatic heterocycles. The first kappa shape index (κ1) is 19.7. The lowest BCUT2D eigenvalue weighted by Gasteiger charge is -2.18. The van der Waals surface area contributed by atoms with E-state index in [0.717, 1.165) is 34.0 Å². The molecule has 0 bridgehead atoms. The van der Waals surface area contributed by atoms with Gasteiger partial charge in [-0.1, -0.05) is 30.3 Å². The van der Waals surface area contributed by atoms with Gasteiger partial charge in [-0.2, -0.15) is 5.10 Å². The number of likely N-dealkylation sites (N-methyl/N-ethyl adjacent to an activating group) is 1. The molecule has 1 amide bonds. The molecule has 0 fully saturated rings. The number of para-hydroxylation sites is 1. The van der Waals surface area contributed by atoms with E-state index >= 15 is 0 Å². The van der Waals surface area contributed by atoms with E-state index in [1.807, 2.05) is 87.1 Å². The van der Waals surface area contributed by atoms with Crippen molar-refractivity contribution in [2.24, 2.45) is 0 Å². The first-order valence-electron chi connectivity index (χ1n) is 9.55. The van der Waals surface area contributed by atoms with Gasteiger partial charge in [0.05, 0.1) is 24.4 Å². The van der Waals surface area contributed by atoms with Crippen molar-refractivity contribution < 1.29 is 9.53 Å². The minimum atomic E-state index is 0.0791. The number of carbonyl (C=O) groups excluding carboxylic acids is 1. The van der Waals surface area contributed by atoms with E-state index in [-0.39, 0.29) is 5.91 Å². The molecular formula is C23H27N3O2. The molecule has 0 saturated heterocycles. The highest BCUT2D eigenvalue weighted by Gasteiger charge is 2.17. The molecule has 0 N–H and O–H groups in total. The number of benzene rings is 2. The highest BCUT2D eigenvalue weighted by atomic mass is 16.5. The highest BCUT2D eigenvalue weighted by molar-refractivity contribution is 5.78. The Morgan fingerprint density at radius 2 is 1.75 bits per heavy atom. The number of amides is 1. The zero-order chi connectivity index (χ0) is 20.1. The van der Waals surface area contributed by atoms with Gasteiger partial charge in [0, 0.05) is 24.8 Å². The molecule has 3 rings (SSSR count). The highest BCUT2D eigenvalue weighted by Crippen LogP contribution is 2.20. The molecule has 0 aliphatic carbocycles. The molecule has 0 unspecified atom stereocenters. The Labute approximate surface area is 166 Å². The van der Waals surface area contributed by atoms with Gasteiger partial charge in [0.1, 0.15) is 5.75 Å². The van der Waals surface area contributed by atoms with E-state index in [1.54, 1.807) is 4.90 Å². The molecule has 5 nitrogen and oxygen atoms in total. The predicted octanol–water partition coefficient (Wildman–Crippen LogP) is 4.09. The van der Waals surface area contributed by atoms with Crippen LogP contribution >= 0.6 is 0 Å². The van der Waals surface area contributed by atoms with Crippen LogP contribution in [0.5, 0.6) is 5.75 Å². The van der Waals surface area contributed by atoms with Crippen LogP contribution in [0.3, 0.4) is 0 Å². The quantitative estimate of drug-likeness (QED) is 0.623. The number of rotatable bonds is 7. The summed E-state index contributed by atoms with van der Waals surface area (Å²) >= 11 is 0. The summed E-state index contributed by atoms with van der Waals surface area (Å²) in [5, 5.41) is 4.67. The third-order valence-electron chi connectivity index (χ3n) is 4.85. The lowest BCUT2D eigenvalue weighted by Crippen LogP contribution is -2.28. The normalized spacial score (nSPS) is 10.7. The number of nitrogens with zero attached hydrogens (tertiary/aromatic N) is 3. The van der Waals surface area contributed by atoms with Crippen LogP contribution in [0.25, 0.3) is 5.69 Å². The summed E-state index contributed by atoms with van der Waals surface area (Å²) in [5.41, 5.74) is 5.10. The van der Waals surface area contributed by atoms with Gasteiger partial charge in [-0.15, -0.1) is 0 Å². The van der Waals surface area contributed by atoms with Gasteiger partial charge in [0.15, 0.2) is 0 Å². The number of aryl methyl sites for hydroxylation is 1. The average Bonchev–Trinajstić information content (AvgIpc) is 2.98. The van der Waals surface area contributed by atoms with Crippen LogP contribution in [-0.4, -0.2) is 34.2 Å². The lowest BCUT2D eigenvalue weighted by molar-refractivity contribution is -0.129. The average molecular weight is 377 g/mol. The number of carbonyl (C=O) groups is 1. The second-order valence-corrected chi connectivity index (χ2v) is 6.90.